The number of carbonyl (C=O) groups excluding carboxylic acids is 1. The molecule has 2 rings (SSSR count). The molecule has 1 aliphatic rings. The van der Waals surface area contributed by atoms with Crippen molar-refractivity contribution in [1.82, 2.24) is 4.90 Å². The zero-order valence-corrected chi connectivity index (χ0v) is 19.4. The minimum atomic E-state index is -0.452. The fourth-order valence-corrected chi connectivity index (χ4v) is 2.86. The van der Waals surface area contributed by atoms with Crippen LogP contribution in [-0.2, 0) is 4.74 Å². The van der Waals surface area contributed by atoms with Crippen LogP contribution in [0.2, 0.25) is 0 Å². The Hall–Kier alpha value is -1.51. The van der Waals surface area contributed by atoms with Crippen LogP contribution in [0.25, 0.3) is 0 Å². The quantitative estimate of drug-likeness (QED) is 0.378. The van der Waals surface area contributed by atoms with Crippen molar-refractivity contribution in [2.75, 3.05) is 25.0 Å². The van der Waals surface area contributed by atoms with E-state index in [1.807, 2.05) is 26.8 Å². The van der Waals surface area contributed by atoms with E-state index in [0.29, 0.717) is 31.5 Å². The number of aryl methyl sites for hydroxylation is 2. The highest BCUT2D eigenvalue weighted by Gasteiger charge is 2.26. The molecule has 27 heavy (non-hydrogen) atoms. The predicted molar refractivity (Wildman–Crippen MR) is 122 cm³/mol. The normalized spacial score (nSPS) is 15.9. The van der Waals surface area contributed by atoms with Crippen molar-refractivity contribution < 1.29 is 9.53 Å². The van der Waals surface area contributed by atoms with Gasteiger partial charge in [-0.2, -0.15) is 0 Å². The van der Waals surface area contributed by atoms with Crippen LogP contribution in [0.15, 0.2) is 23.2 Å². The number of hydrogen-bond donors (Lipinski definition) is 2. The zero-order chi connectivity index (χ0) is 19.3. The lowest BCUT2D eigenvalue weighted by molar-refractivity contribution is 0.0187. The van der Waals surface area contributed by atoms with Gasteiger partial charge in [0.15, 0.2) is 5.96 Å². The van der Waals surface area contributed by atoms with Crippen LogP contribution < -0.4 is 11.1 Å². The lowest BCUT2D eigenvalue weighted by Crippen LogP contribution is -2.42. The van der Waals surface area contributed by atoms with Gasteiger partial charge in [0, 0.05) is 25.3 Å². The minimum Gasteiger partial charge on any atom is -0.444 e. The smallest absolute Gasteiger partial charge is 0.410 e. The molecule has 1 fully saturated rings. The molecule has 0 spiro atoms. The molecule has 1 saturated heterocycles. The molecule has 0 bridgehead atoms. The molecule has 6 nitrogen and oxygen atoms in total. The number of ether oxygens (including phenoxy) is 1. The highest BCUT2D eigenvalue weighted by molar-refractivity contribution is 14.0. The van der Waals surface area contributed by atoms with E-state index in [4.69, 9.17) is 10.5 Å². The molecular formula is C20H33IN4O2. The summed E-state index contributed by atoms with van der Waals surface area (Å²) in [5.74, 6) is 0.872. The van der Waals surface area contributed by atoms with Crippen LogP contribution in [-0.4, -0.2) is 42.2 Å². The fourth-order valence-electron chi connectivity index (χ4n) is 2.86. The largest absolute Gasteiger partial charge is 0.444 e. The van der Waals surface area contributed by atoms with Crippen molar-refractivity contribution in [1.29, 1.82) is 0 Å². The summed E-state index contributed by atoms with van der Waals surface area (Å²) in [5, 5.41) is 3.15. The van der Waals surface area contributed by atoms with Crippen LogP contribution >= 0.6 is 24.0 Å². The summed E-state index contributed by atoms with van der Waals surface area (Å²) in [6.45, 7) is 11.9. The number of guanidine groups is 1. The van der Waals surface area contributed by atoms with Crippen molar-refractivity contribution in [2.45, 2.75) is 53.1 Å². The molecular weight excluding hydrogens is 455 g/mol. The fraction of sp³-hybridized carbons (Fsp3) is 0.600. The highest BCUT2D eigenvalue weighted by Crippen LogP contribution is 2.20. The van der Waals surface area contributed by atoms with Gasteiger partial charge in [-0.25, -0.2) is 4.79 Å². The number of nitrogens with two attached hydrogens (primary N) is 1. The number of benzene rings is 1. The van der Waals surface area contributed by atoms with Crippen molar-refractivity contribution in [3.05, 3.63) is 29.3 Å². The van der Waals surface area contributed by atoms with Gasteiger partial charge in [-0.15, -0.1) is 24.0 Å². The zero-order valence-electron chi connectivity index (χ0n) is 17.0. The third kappa shape index (κ3) is 7.94. The first-order valence-corrected chi connectivity index (χ1v) is 9.26. The SMILES string of the molecule is Cc1ccc(NC(N)=NCC2CCN(C(=O)OC(C)(C)C)CC2)cc1C.I. The maximum atomic E-state index is 12.1. The summed E-state index contributed by atoms with van der Waals surface area (Å²) in [6.07, 6.45) is 1.61. The van der Waals surface area contributed by atoms with Crippen LogP contribution in [0, 0.1) is 19.8 Å². The van der Waals surface area contributed by atoms with E-state index in [1.54, 1.807) is 4.90 Å². The Morgan fingerprint density at radius 1 is 1.26 bits per heavy atom. The van der Waals surface area contributed by atoms with E-state index >= 15 is 0 Å². The number of rotatable bonds is 3. The number of anilines is 1. The molecule has 0 radical (unpaired) electrons. The maximum absolute atomic E-state index is 12.1. The molecule has 1 aliphatic heterocycles. The highest BCUT2D eigenvalue weighted by atomic mass is 127. The minimum absolute atomic E-state index is 0. The Morgan fingerprint density at radius 2 is 1.89 bits per heavy atom. The van der Waals surface area contributed by atoms with E-state index in [-0.39, 0.29) is 30.1 Å². The lowest BCUT2D eigenvalue weighted by atomic mass is 9.97. The number of aliphatic imine (C=N–C) groups is 1. The molecule has 0 atom stereocenters. The Bertz CT molecular complexity index is 662. The first-order chi connectivity index (χ1) is 12.1. The average Bonchev–Trinajstić information content (AvgIpc) is 2.55. The van der Waals surface area contributed by atoms with E-state index < -0.39 is 5.60 Å². The molecule has 1 heterocycles. The third-order valence-corrected chi connectivity index (χ3v) is 4.57. The second kappa shape index (κ2) is 10.1. The summed E-state index contributed by atoms with van der Waals surface area (Å²) < 4.78 is 5.42. The van der Waals surface area contributed by atoms with Crippen LogP contribution in [0.5, 0.6) is 0 Å². The van der Waals surface area contributed by atoms with Gasteiger partial charge < -0.3 is 20.7 Å². The van der Waals surface area contributed by atoms with Crippen LogP contribution in [0.4, 0.5) is 10.5 Å². The molecule has 0 aromatic heterocycles. The second-order valence-electron chi connectivity index (χ2n) is 8.06. The lowest BCUT2D eigenvalue weighted by Gasteiger charge is -2.33. The van der Waals surface area contributed by atoms with E-state index in [1.165, 1.54) is 11.1 Å². The van der Waals surface area contributed by atoms with Crippen LogP contribution in [0.1, 0.15) is 44.7 Å². The number of nitrogens with zero attached hydrogens (tertiary/aromatic N) is 2. The van der Waals surface area contributed by atoms with Crippen molar-refractivity contribution in [3.63, 3.8) is 0 Å². The van der Waals surface area contributed by atoms with Gasteiger partial charge in [0.1, 0.15) is 5.60 Å². The average molecular weight is 488 g/mol. The van der Waals surface area contributed by atoms with Gasteiger partial charge in [0.05, 0.1) is 0 Å². The van der Waals surface area contributed by atoms with E-state index in [0.717, 1.165) is 18.5 Å². The summed E-state index contributed by atoms with van der Waals surface area (Å²) in [6, 6.07) is 6.14. The van der Waals surface area contributed by atoms with Gasteiger partial charge in [0.2, 0.25) is 0 Å². The van der Waals surface area contributed by atoms with Crippen molar-refractivity contribution >= 4 is 41.7 Å². The Labute approximate surface area is 179 Å². The number of piperidine rings is 1. The number of amides is 1. The van der Waals surface area contributed by atoms with Gasteiger partial charge >= 0.3 is 6.09 Å². The monoisotopic (exact) mass is 488 g/mol. The molecule has 1 aromatic carbocycles. The number of hydrogen-bond acceptors (Lipinski definition) is 3. The number of carbonyl (C=O) groups is 1. The molecule has 3 N–H and O–H groups in total. The van der Waals surface area contributed by atoms with Gasteiger partial charge in [-0.1, -0.05) is 6.07 Å². The Balaban J connectivity index is 0.00000364. The Kier molecular flexibility index (Phi) is 8.84. The number of nitrogens with one attached hydrogen (secondary N) is 1. The topological polar surface area (TPSA) is 80.0 Å². The molecule has 152 valence electrons. The molecule has 0 saturated carbocycles. The van der Waals surface area contributed by atoms with E-state index in [2.05, 4.69) is 36.3 Å². The molecule has 1 amide bonds. The van der Waals surface area contributed by atoms with Crippen molar-refractivity contribution in [2.24, 2.45) is 16.6 Å². The maximum Gasteiger partial charge on any atom is 0.410 e. The summed E-state index contributed by atoms with van der Waals surface area (Å²) in [5.41, 5.74) is 8.98. The molecule has 7 heteroatoms. The molecule has 1 aromatic rings. The predicted octanol–water partition coefficient (Wildman–Crippen LogP) is 4.30. The van der Waals surface area contributed by atoms with Gasteiger partial charge in [0.25, 0.3) is 0 Å². The first-order valence-electron chi connectivity index (χ1n) is 9.26. The summed E-state index contributed by atoms with van der Waals surface area (Å²) in [7, 11) is 0. The first kappa shape index (κ1) is 23.5. The molecule has 0 unspecified atom stereocenters. The molecule has 0 aliphatic carbocycles. The van der Waals surface area contributed by atoms with Crippen molar-refractivity contribution in [3.8, 4) is 0 Å². The number of likely N-dealkylation sites (tertiary alicyclic amines) is 1. The summed E-state index contributed by atoms with van der Waals surface area (Å²) >= 11 is 0. The van der Waals surface area contributed by atoms with Gasteiger partial charge in [-0.3, -0.25) is 4.99 Å². The second-order valence-corrected chi connectivity index (χ2v) is 8.06. The van der Waals surface area contributed by atoms with E-state index in [9.17, 15) is 4.79 Å². The van der Waals surface area contributed by atoms with Gasteiger partial charge in [-0.05, 0) is 76.6 Å². The summed E-state index contributed by atoms with van der Waals surface area (Å²) in [4.78, 5) is 18.3. The number of halogens is 1. The standard InChI is InChI=1S/C20H32N4O2.HI/c1-14-6-7-17(12-15(14)2)23-18(21)22-13-16-8-10-24(11-9-16)19(25)26-20(3,4)5;/h6-7,12,16H,8-11,13H2,1-5H3,(H3,21,22,23);1H. The third-order valence-electron chi connectivity index (χ3n) is 4.57. The Morgan fingerprint density at radius 3 is 2.44 bits per heavy atom. The van der Waals surface area contributed by atoms with Crippen LogP contribution in [0.3, 0.4) is 0 Å².